The maximum atomic E-state index is 11.9. The van der Waals surface area contributed by atoms with Gasteiger partial charge in [0.2, 0.25) is 0 Å². The third kappa shape index (κ3) is 1.94. The number of aromatic carboxylic acids is 3. The molecular weight excluding hydrogens is 324 g/mol. The summed E-state index contributed by atoms with van der Waals surface area (Å²) in [5.74, 6) is -3.43. The molecule has 0 fully saturated rings. The van der Waals surface area contributed by atoms with E-state index in [2.05, 4.69) is 0 Å². The zero-order valence-corrected chi connectivity index (χ0v) is 12.6. The van der Waals surface area contributed by atoms with Crippen molar-refractivity contribution in [1.82, 2.24) is 0 Å². The van der Waals surface area contributed by atoms with Crippen molar-refractivity contribution in [2.45, 2.75) is 0 Å². The molecule has 1 aliphatic carbocycles. The fraction of sp³-hybridized carbons (Fsp3) is 0. The lowest BCUT2D eigenvalue weighted by molar-refractivity contribution is 0.0685. The summed E-state index contributed by atoms with van der Waals surface area (Å²) in [6, 6.07) is 7.42. The van der Waals surface area contributed by atoms with E-state index in [4.69, 9.17) is 0 Å². The number of rotatable bonds is 3. The number of fused-ring (bicyclic) bond motifs is 2. The predicted octanol–water partition coefficient (Wildman–Crippen LogP) is 3.57. The Bertz CT molecular complexity index is 1170. The molecule has 0 bridgehead atoms. The Kier molecular flexibility index (Phi) is 2.93. The van der Waals surface area contributed by atoms with E-state index in [9.17, 15) is 29.7 Å². The van der Waals surface area contributed by atoms with Gasteiger partial charge < -0.3 is 15.3 Å². The lowest BCUT2D eigenvalue weighted by Crippen LogP contribution is -2.05. The maximum absolute atomic E-state index is 11.9. The van der Waals surface area contributed by atoms with Gasteiger partial charge in [0, 0.05) is 0 Å². The topological polar surface area (TPSA) is 112 Å². The fourth-order valence-corrected chi connectivity index (χ4v) is 3.45. The van der Waals surface area contributed by atoms with Crippen molar-refractivity contribution in [1.29, 1.82) is 0 Å². The van der Waals surface area contributed by atoms with Crippen LogP contribution in [0.5, 0.6) is 0 Å². The second-order valence-electron chi connectivity index (χ2n) is 5.75. The highest BCUT2D eigenvalue weighted by Crippen LogP contribution is 2.41. The first-order valence-corrected chi connectivity index (χ1v) is 7.34. The van der Waals surface area contributed by atoms with Gasteiger partial charge in [-0.3, -0.25) is 0 Å². The Morgan fingerprint density at radius 2 is 1.36 bits per heavy atom. The first kappa shape index (κ1) is 14.9. The van der Waals surface area contributed by atoms with Gasteiger partial charge in [0.25, 0.3) is 0 Å². The number of carbonyl (C=O) groups is 3. The molecule has 0 saturated heterocycles. The van der Waals surface area contributed by atoms with Gasteiger partial charge in [-0.15, -0.1) is 0 Å². The third-order valence-corrected chi connectivity index (χ3v) is 4.47. The van der Waals surface area contributed by atoms with Gasteiger partial charge in [0.05, 0.1) is 16.7 Å². The molecule has 3 aromatic rings. The van der Waals surface area contributed by atoms with Crippen molar-refractivity contribution in [3.05, 3.63) is 58.1 Å². The van der Waals surface area contributed by atoms with Crippen LogP contribution in [-0.4, -0.2) is 33.2 Å². The molecule has 0 atom stereocenters. The quantitative estimate of drug-likeness (QED) is 0.494. The average molecular weight is 334 g/mol. The van der Waals surface area contributed by atoms with E-state index in [0.717, 1.165) is 0 Å². The smallest absolute Gasteiger partial charge is 0.336 e. The van der Waals surface area contributed by atoms with Crippen LogP contribution in [0.1, 0.15) is 42.2 Å². The average Bonchev–Trinajstić information content (AvgIpc) is 2.99. The van der Waals surface area contributed by atoms with Crippen molar-refractivity contribution in [3.63, 3.8) is 0 Å². The SMILES string of the molecule is O=C(O)c1ccc2c(c1)c(C(=O)O)c1c3c(c(C(=O)O)ccc32)C=C1. The zero-order chi connectivity index (χ0) is 17.9. The molecule has 3 N–H and O–H groups in total. The number of hydrogen-bond donors (Lipinski definition) is 3. The largest absolute Gasteiger partial charge is 0.478 e. The molecule has 6 nitrogen and oxygen atoms in total. The predicted molar refractivity (Wildman–Crippen MR) is 91.3 cm³/mol. The highest BCUT2D eigenvalue weighted by Gasteiger charge is 2.25. The molecule has 0 aromatic heterocycles. The second kappa shape index (κ2) is 4.91. The number of carboxylic acid groups (broad SMARTS) is 3. The molecule has 0 spiro atoms. The molecule has 0 amide bonds. The van der Waals surface area contributed by atoms with Crippen molar-refractivity contribution in [2.24, 2.45) is 0 Å². The van der Waals surface area contributed by atoms with Crippen LogP contribution in [0, 0.1) is 0 Å². The minimum absolute atomic E-state index is 0.00842. The van der Waals surface area contributed by atoms with Crippen LogP contribution in [0.2, 0.25) is 0 Å². The van der Waals surface area contributed by atoms with E-state index in [1.807, 2.05) is 0 Å². The van der Waals surface area contributed by atoms with Gasteiger partial charge in [0.15, 0.2) is 0 Å². The van der Waals surface area contributed by atoms with Crippen LogP contribution in [0.25, 0.3) is 33.7 Å². The highest BCUT2D eigenvalue weighted by molar-refractivity contribution is 6.25. The first-order chi connectivity index (χ1) is 11.9. The van der Waals surface area contributed by atoms with Crippen LogP contribution < -0.4 is 0 Å². The van der Waals surface area contributed by atoms with Crippen LogP contribution in [-0.2, 0) is 0 Å². The minimum atomic E-state index is -1.19. The summed E-state index contributed by atoms with van der Waals surface area (Å²) in [4.78, 5) is 34.5. The third-order valence-electron chi connectivity index (χ3n) is 4.47. The van der Waals surface area contributed by atoms with Crippen molar-refractivity contribution in [2.75, 3.05) is 0 Å². The summed E-state index contributed by atoms with van der Waals surface area (Å²) in [5.41, 5.74) is 0.928. The summed E-state index contributed by atoms with van der Waals surface area (Å²) in [7, 11) is 0. The zero-order valence-electron chi connectivity index (χ0n) is 12.6. The lowest BCUT2D eigenvalue weighted by Gasteiger charge is -2.13. The van der Waals surface area contributed by atoms with E-state index in [0.29, 0.717) is 32.7 Å². The lowest BCUT2D eigenvalue weighted by atomic mass is 9.90. The van der Waals surface area contributed by atoms with Gasteiger partial charge in [-0.2, -0.15) is 0 Å². The number of hydrogen-bond acceptors (Lipinski definition) is 3. The molecule has 4 rings (SSSR count). The van der Waals surface area contributed by atoms with Gasteiger partial charge in [-0.25, -0.2) is 14.4 Å². The summed E-state index contributed by atoms with van der Waals surface area (Å²) in [6.45, 7) is 0. The van der Waals surface area contributed by atoms with Crippen LogP contribution >= 0.6 is 0 Å². The van der Waals surface area contributed by atoms with Crippen molar-refractivity contribution in [3.8, 4) is 0 Å². The molecule has 6 heteroatoms. The van der Waals surface area contributed by atoms with Crippen LogP contribution in [0.4, 0.5) is 0 Å². The van der Waals surface area contributed by atoms with E-state index in [-0.39, 0.29) is 16.7 Å². The van der Waals surface area contributed by atoms with Gasteiger partial charge in [-0.05, 0) is 50.9 Å². The Morgan fingerprint density at radius 3 is 2.00 bits per heavy atom. The standard InChI is InChI=1S/C19H10O6/c20-17(21)8-1-2-9-10-3-5-12(18(22)23)11-4-6-13(15(10)11)16(19(24)25)14(9)7-8/h1-7H,(H,20,21)(H,22,23)(H,24,25). The molecular formula is C19H10O6. The Hall–Kier alpha value is -3.67. The molecule has 0 heterocycles. The Morgan fingerprint density at radius 1 is 0.680 bits per heavy atom. The molecule has 0 saturated carbocycles. The number of benzene rings is 3. The van der Waals surface area contributed by atoms with E-state index in [1.165, 1.54) is 18.2 Å². The highest BCUT2D eigenvalue weighted by atomic mass is 16.4. The molecule has 0 radical (unpaired) electrons. The molecule has 0 aliphatic heterocycles. The second-order valence-corrected chi connectivity index (χ2v) is 5.75. The molecule has 0 unspecified atom stereocenters. The Labute approximate surface area is 140 Å². The van der Waals surface area contributed by atoms with E-state index in [1.54, 1.807) is 24.3 Å². The normalized spacial score (nSPS) is 12.0. The van der Waals surface area contributed by atoms with Gasteiger partial charge >= 0.3 is 17.9 Å². The van der Waals surface area contributed by atoms with E-state index >= 15 is 0 Å². The summed E-state index contributed by atoms with van der Waals surface area (Å²) in [5, 5.41) is 30.4. The fourth-order valence-electron chi connectivity index (χ4n) is 3.45. The summed E-state index contributed by atoms with van der Waals surface area (Å²) >= 11 is 0. The van der Waals surface area contributed by atoms with Crippen LogP contribution in [0.3, 0.4) is 0 Å². The molecule has 122 valence electrons. The molecule has 3 aromatic carbocycles. The van der Waals surface area contributed by atoms with Crippen LogP contribution in [0.15, 0.2) is 30.3 Å². The van der Waals surface area contributed by atoms with Gasteiger partial charge in [0.1, 0.15) is 0 Å². The first-order valence-electron chi connectivity index (χ1n) is 7.34. The van der Waals surface area contributed by atoms with Gasteiger partial charge in [-0.1, -0.05) is 24.3 Å². The molecule has 25 heavy (non-hydrogen) atoms. The summed E-state index contributed by atoms with van der Waals surface area (Å²) in [6.07, 6.45) is 3.16. The molecule has 1 aliphatic rings. The van der Waals surface area contributed by atoms with Crippen molar-refractivity contribution < 1.29 is 29.7 Å². The minimum Gasteiger partial charge on any atom is -0.478 e. The maximum Gasteiger partial charge on any atom is 0.336 e. The van der Waals surface area contributed by atoms with Crippen molar-refractivity contribution >= 4 is 51.6 Å². The Balaban J connectivity index is 2.26. The number of carboxylic acids is 3. The van der Waals surface area contributed by atoms with E-state index < -0.39 is 17.9 Å². The summed E-state index contributed by atoms with van der Waals surface area (Å²) < 4.78 is 0. The monoisotopic (exact) mass is 334 g/mol.